The van der Waals surface area contributed by atoms with E-state index in [1.807, 2.05) is 11.2 Å². The number of benzene rings is 2. The Balaban J connectivity index is 1.46. The number of rotatable bonds is 11. The van der Waals surface area contributed by atoms with Crippen LogP contribution in [-0.2, 0) is 22.2 Å². The Hall–Kier alpha value is -2.20. The number of anilines is 1. The van der Waals surface area contributed by atoms with Crippen molar-refractivity contribution in [2.24, 2.45) is 5.92 Å². The summed E-state index contributed by atoms with van der Waals surface area (Å²) in [4.78, 5) is 13.3. The van der Waals surface area contributed by atoms with Crippen LogP contribution in [0.3, 0.4) is 0 Å². The molecule has 1 aliphatic carbocycles. The Morgan fingerprint density at radius 1 is 1.15 bits per heavy atom. The van der Waals surface area contributed by atoms with Crippen LogP contribution in [0.5, 0.6) is 0 Å². The van der Waals surface area contributed by atoms with Crippen molar-refractivity contribution in [3.63, 3.8) is 0 Å². The van der Waals surface area contributed by atoms with Gasteiger partial charge in [-0.05, 0) is 86.6 Å². The average molecular weight is 562 g/mol. The van der Waals surface area contributed by atoms with Crippen LogP contribution < -0.4 is 10.6 Å². The van der Waals surface area contributed by atoms with E-state index in [9.17, 15) is 18.5 Å². The molecular formula is C30H41F2N3O3S. The molecule has 1 saturated carbocycles. The van der Waals surface area contributed by atoms with Crippen LogP contribution in [-0.4, -0.2) is 57.1 Å². The number of hydrogen-bond donors (Lipinski definition) is 3. The van der Waals surface area contributed by atoms with Gasteiger partial charge in [-0.2, -0.15) is 0 Å². The minimum Gasteiger partial charge on any atom is -0.393 e. The summed E-state index contributed by atoms with van der Waals surface area (Å²) in [5.74, 6) is -0.208. The second-order valence-electron chi connectivity index (χ2n) is 10.8. The lowest BCUT2D eigenvalue weighted by atomic mass is 9.74. The monoisotopic (exact) mass is 561 g/mol. The van der Waals surface area contributed by atoms with Gasteiger partial charge >= 0.3 is 0 Å². The van der Waals surface area contributed by atoms with Crippen LogP contribution in [0.15, 0.2) is 42.5 Å². The normalized spacial score (nSPS) is 23.7. The SMILES string of the molecule is CCCS(=O)N1CCNCC1CCc1c(F)cccc1NC(=O)CC(c1ccc(F)cc1)C1CCC(O)CC1. The highest BCUT2D eigenvalue weighted by Crippen LogP contribution is 2.39. The van der Waals surface area contributed by atoms with E-state index in [0.29, 0.717) is 55.8 Å². The topological polar surface area (TPSA) is 81.7 Å². The summed E-state index contributed by atoms with van der Waals surface area (Å²) in [6.07, 6.45) is 4.73. The molecule has 2 aromatic rings. The lowest BCUT2D eigenvalue weighted by molar-refractivity contribution is -0.117. The number of nitrogens with one attached hydrogen (secondary N) is 2. The van der Waals surface area contributed by atoms with E-state index in [1.165, 1.54) is 18.2 Å². The Morgan fingerprint density at radius 3 is 2.62 bits per heavy atom. The van der Waals surface area contributed by atoms with Gasteiger partial charge in [0.1, 0.15) is 11.6 Å². The molecule has 1 amide bonds. The summed E-state index contributed by atoms with van der Waals surface area (Å²) in [6.45, 7) is 4.19. The largest absolute Gasteiger partial charge is 0.393 e. The van der Waals surface area contributed by atoms with Crippen LogP contribution in [0.1, 0.15) is 68.9 Å². The van der Waals surface area contributed by atoms with Crippen molar-refractivity contribution in [2.75, 3.05) is 30.7 Å². The maximum absolute atomic E-state index is 15.0. The maximum Gasteiger partial charge on any atom is 0.225 e. The summed E-state index contributed by atoms with van der Waals surface area (Å²) < 4.78 is 43.4. The molecule has 2 aliphatic rings. The number of carbonyl (C=O) groups is 1. The molecule has 39 heavy (non-hydrogen) atoms. The van der Waals surface area contributed by atoms with Gasteiger partial charge in [0.2, 0.25) is 5.91 Å². The molecule has 1 heterocycles. The first-order valence-corrected chi connectivity index (χ1v) is 15.5. The molecule has 1 aliphatic heterocycles. The number of halogens is 2. The molecule has 2 aromatic carbocycles. The van der Waals surface area contributed by atoms with E-state index in [-0.39, 0.29) is 47.9 Å². The number of carbonyl (C=O) groups excluding carboxylic acids is 1. The number of aliphatic hydroxyl groups excluding tert-OH is 1. The second-order valence-corrected chi connectivity index (χ2v) is 12.3. The van der Waals surface area contributed by atoms with Crippen molar-refractivity contribution in [3.8, 4) is 0 Å². The first-order valence-electron chi connectivity index (χ1n) is 14.2. The van der Waals surface area contributed by atoms with Gasteiger partial charge in [-0.1, -0.05) is 25.1 Å². The van der Waals surface area contributed by atoms with Crippen molar-refractivity contribution >= 4 is 22.6 Å². The number of piperazine rings is 1. The average Bonchev–Trinajstić information content (AvgIpc) is 2.93. The summed E-state index contributed by atoms with van der Waals surface area (Å²) in [5, 5.41) is 16.3. The molecule has 2 fully saturated rings. The molecule has 0 aromatic heterocycles. The Bertz CT molecular complexity index is 1110. The standard InChI is InChI=1S/C30H41F2N3O3S/c1-2-18-39(38)35-17-16-33-20-24(35)12-15-26-28(32)4-3-5-29(26)34-30(37)19-27(21-6-10-23(31)11-7-21)22-8-13-25(36)14-9-22/h3-7,10-11,22,24-25,27,33,36H,2,8-9,12-20H2,1H3,(H,34,37). The smallest absolute Gasteiger partial charge is 0.225 e. The molecule has 0 radical (unpaired) electrons. The van der Waals surface area contributed by atoms with Crippen LogP contribution in [0.2, 0.25) is 0 Å². The minimum absolute atomic E-state index is 0.0267. The van der Waals surface area contributed by atoms with Gasteiger partial charge in [0.05, 0.1) is 17.1 Å². The maximum atomic E-state index is 15.0. The van der Waals surface area contributed by atoms with Gasteiger partial charge in [0.25, 0.3) is 0 Å². The summed E-state index contributed by atoms with van der Waals surface area (Å²) in [5.41, 5.74) is 1.82. The molecule has 3 N–H and O–H groups in total. The van der Waals surface area contributed by atoms with Gasteiger partial charge in [-0.3, -0.25) is 4.79 Å². The highest BCUT2D eigenvalue weighted by Gasteiger charge is 2.30. The Labute approximate surface area is 233 Å². The number of amides is 1. The van der Waals surface area contributed by atoms with Gasteiger partial charge < -0.3 is 15.7 Å². The first kappa shape index (κ1) is 29.8. The highest BCUT2D eigenvalue weighted by atomic mass is 32.2. The Morgan fingerprint density at radius 2 is 1.90 bits per heavy atom. The second kappa shape index (κ2) is 14.4. The fourth-order valence-electron chi connectivity index (χ4n) is 5.96. The third kappa shape index (κ3) is 8.16. The zero-order valence-corrected chi connectivity index (χ0v) is 23.5. The zero-order valence-electron chi connectivity index (χ0n) is 22.7. The molecule has 0 bridgehead atoms. The fourth-order valence-corrected chi connectivity index (χ4v) is 7.35. The quantitative estimate of drug-likeness (QED) is 0.364. The van der Waals surface area contributed by atoms with Crippen molar-refractivity contribution in [1.29, 1.82) is 0 Å². The van der Waals surface area contributed by atoms with Gasteiger partial charge in [0.15, 0.2) is 0 Å². The van der Waals surface area contributed by atoms with E-state index in [2.05, 4.69) is 10.6 Å². The molecular weight excluding hydrogens is 520 g/mol. The van der Waals surface area contributed by atoms with E-state index in [1.54, 1.807) is 24.3 Å². The van der Waals surface area contributed by atoms with E-state index >= 15 is 4.39 Å². The Kier molecular flexibility index (Phi) is 11.0. The third-order valence-electron chi connectivity index (χ3n) is 8.07. The van der Waals surface area contributed by atoms with Crippen LogP contribution >= 0.6 is 0 Å². The van der Waals surface area contributed by atoms with Crippen molar-refractivity contribution in [2.45, 2.75) is 76.4 Å². The van der Waals surface area contributed by atoms with Crippen molar-refractivity contribution < 1.29 is 22.9 Å². The summed E-state index contributed by atoms with van der Waals surface area (Å²) in [7, 11) is -1.06. The predicted octanol–water partition coefficient (Wildman–Crippen LogP) is 4.91. The molecule has 214 valence electrons. The molecule has 0 spiro atoms. The number of nitrogens with zero attached hydrogens (tertiary/aromatic N) is 1. The van der Waals surface area contributed by atoms with Gasteiger partial charge in [0, 0.05) is 49.1 Å². The minimum atomic E-state index is -1.06. The molecule has 3 unspecified atom stereocenters. The van der Waals surface area contributed by atoms with Crippen LogP contribution in [0.25, 0.3) is 0 Å². The van der Waals surface area contributed by atoms with E-state index in [4.69, 9.17) is 0 Å². The lowest BCUT2D eigenvalue weighted by Crippen LogP contribution is -2.52. The summed E-state index contributed by atoms with van der Waals surface area (Å²) >= 11 is 0. The zero-order chi connectivity index (χ0) is 27.8. The molecule has 3 atom stereocenters. The molecule has 1 saturated heterocycles. The lowest BCUT2D eigenvalue weighted by Gasteiger charge is -2.35. The van der Waals surface area contributed by atoms with Crippen LogP contribution in [0.4, 0.5) is 14.5 Å². The third-order valence-corrected chi connectivity index (χ3v) is 9.83. The predicted molar refractivity (Wildman–Crippen MR) is 152 cm³/mol. The highest BCUT2D eigenvalue weighted by molar-refractivity contribution is 7.82. The van der Waals surface area contributed by atoms with Crippen molar-refractivity contribution in [1.82, 2.24) is 9.62 Å². The van der Waals surface area contributed by atoms with E-state index in [0.717, 1.165) is 31.4 Å². The molecule has 4 rings (SSSR count). The van der Waals surface area contributed by atoms with Gasteiger partial charge in [-0.15, -0.1) is 0 Å². The fraction of sp³-hybridized carbons (Fsp3) is 0.567. The first-order chi connectivity index (χ1) is 18.9. The van der Waals surface area contributed by atoms with E-state index < -0.39 is 11.0 Å². The molecule has 6 nitrogen and oxygen atoms in total. The number of aliphatic hydroxyl groups is 1. The molecule has 9 heteroatoms. The summed E-state index contributed by atoms with van der Waals surface area (Å²) in [6, 6.07) is 11.1. The van der Waals surface area contributed by atoms with Gasteiger partial charge in [-0.25, -0.2) is 17.3 Å². The van der Waals surface area contributed by atoms with Crippen LogP contribution in [0, 0.1) is 17.6 Å². The number of hydrogen-bond acceptors (Lipinski definition) is 4. The van der Waals surface area contributed by atoms with Crippen molar-refractivity contribution in [3.05, 3.63) is 65.2 Å².